The first-order valence-electron chi connectivity index (χ1n) is 7.57. The van der Waals surface area contributed by atoms with Crippen molar-refractivity contribution in [1.29, 1.82) is 0 Å². The van der Waals surface area contributed by atoms with Gasteiger partial charge < -0.3 is 9.64 Å². The Morgan fingerprint density at radius 2 is 2.14 bits per heavy atom. The lowest BCUT2D eigenvalue weighted by Gasteiger charge is -2.33. The zero-order valence-corrected chi connectivity index (χ0v) is 13.0. The van der Waals surface area contributed by atoms with Crippen LogP contribution in [0, 0.1) is 0 Å². The third kappa shape index (κ3) is 3.09. The minimum absolute atomic E-state index is 0.126. The van der Waals surface area contributed by atoms with Gasteiger partial charge >= 0.3 is 5.97 Å². The Balaban J connectivity index is 2.28. The molecular weight excluding hydrogens is 270 g/mol. The smallest absolute Gasteiger partial charge is 0.328 e. The van der Waals surface area contributed by atoms with Crippen molar-refractivity contribution in [2.24, 2.45) is 0 Å². The Hall–Kier alpha value is -1.85. The van der Waals surface area contributed by atoms with Crippen molar-refractivity contribution in [2.75, 3.05) is 13.7 Å². The minimum atomic E-state index is -0.471. The lowest BCUT2D eigenvalue weighted by molar-refractivity contribution is -0.147. The van der Waals surface area contributed by atoms with Crippen LogP contribution in [0.2, 0.25) is 0 Å². The molecule has 1 aromatic rings. The van der Waals surface area contributed by atoms with Crippen LogP contribution in [-0.4, -0.2) is 46.3 Å². The number of piperidine rings is 1. The highest BCUT2D eigenvalue weighted by atomic mass is 16.5. The second kappa shape index (κ2) is 6.74. The Kier molecular flexibility index (Phi) is 4.98. The largest absolute Gasteiger partial charge is 0.467 e. The number of carbonyl (C=O) groups is 2. The summed E-state index contributed by atoms with van der Waals surface area (Å²) in [4.78, 5) is 26.3. The molecule has 1 atom stereocenters. The maximum Gasteiger partial charge on any atom is 0.328 e. The van der Waals surface area contributed by atoms with E-state index < -0.39 is 6.04 Å². The number of methoxy groups -OCH3 is 1. The molecule has 1 aromatic heterocycles. The Morgan fingerprint density at radius 3 is 2.76 bits per heavy atom. The number of aromatic nitrogens is 2. The van der Waals surface area contributed by atoms with Crippen molar-refractivity contribution < 1.29 is 14.3 Å². The summed E-state index contributed by atoms with van der Waals surface area (Å²) in [5, 5.41) is 4.41. The van der Waals surface area contributed by atoms with Gasteiger partial charge in [-0.1, -0.05) is 6.92 Å². The van der Waals surface area contributed by atoms with Gasteiger partial charge in [0.15, 0.2) is 0 Å². The molecule has 0 N–H and O–H groups in total. The summed E-state index contributed by atoms with van der Waals surface area (Å²) in [6.07, 6.45) is 3.31. The molecule has 1 aliphatic rings. The summed E-state index contributed by atoms with van der Waals surface area (Å²) < 4.78 is 6.55. The van der Waals surface area contributed by atoms with Gasteiger partial charge in [0.25, 0.3) is 5.91 Å². The number of esters is 1. The number of carbonyl (C=O) groups excluding carboxylic acids is 2. The van der Waals surface area contributed by atoms with Gasteiger partial charge in [0.1, 0.15) is 11.7 Å². The summed E-state index contributed by atoms with van der Waals surface area (Å²) in [5.74, 6) is -0.458. The number of rotatable bonds is 4. The van der Waals surface area contributed by atoms with Crippen LogP contribution in [0.4, 0.5) is 0 Å². The fourth-order valence-corrected chi connectivity index (χ4v) is 2.76. The van der Waals surface area contributed by atoms with E-state index in [1.165, 1.54) is 7.11 Å². The normalized spacial score (nSPS) is 18.6. The molecule has 6 nitrogen and oxygen atoms in total. The molecule has 1 unspecified atom stereocenters. The van der Waals surface area contributed by atoms with E-state index >= 15 is 0 Å². The van der Waals surface area contributed by atoms with Crippen LogP contribution >= 0.6 is 0 Å². The number of likely N-dealkylation sites (tertiary alicyclic amines) is 1. The van der Waals surface area contributed by atoms with E-state index in [9.17, 15) is 9.59 Å². The number of amides is 1. The van der Waals surface area contributed by atoms with E-state index in [0.29, 0.717) is 25.2 Å². The number of nitrogens with zero attached hydrogens (tertiary/aromatic N) is 3. The molecule has 0 bridgehead atoms. The molecule has 1 amide bonds. The van der Waals surface area contributed by atoms with Gasteiger partial charge in [-0.2, -0.15) is 5.10 Å². The molecule has 21 heavy (non-hydrogen) atoms. The van der Waals surface area contributed by atoms with Crippen molar-refractivity contribution in [1.82, 2.24) is 14.7 Å². The third-order valence-electron chi connectivity index (χ3n) is 3.95. The van der Waals surface area contributed by atoms with Crippen LogP contribution in [0.25, 0.3) is 0 Å². The molecule has 1 saturated heterocycles. The maximum atomic E-state index is 12.8. The summed E-state index contributed by atoms with van der Waals surface area (Å²) in [6.45, 7) is 5.19. The van der Waals surface area contributed by atoms with Crippen LogP contribution in [0.1, 0.15) is 49.3 Å². The van der Waals surface area contributed by atoms with Crippen molar-refractivity contribution in [3.05, 3.63) is 17.5 Å². The summed E-state index contributed by atoms with van der Waals surface area (Å²) >= 11 is 0. The molecule has 1 fully saturated rings. The van der Waals surface area contributed by atoms with E-state index in [1.54, 1.807) is 9.58 Å². The molecule has 0 radical (unpaired) electrons. The van der Waals surface area contributed by atoms with Crippen molar-refractivity contribution in [3.8, 4) is 0 Å². The quantitative estimate of drug-likeness (QED) is 0.792. The van der Waals surface area contributed by atoms with Gasteiger partial charge in [-0.25, -0.2) is 4.79 Å². The van der Waals surface area contributed by atoms with Crippen LogP contribution in [-0.2, 0) is 22.5 Å². The molecule has 116 valence electrons. The Morgan fingerprint density at radius 1 is 1.38 bits per heavy atom. The maximum absolute atomic E-state index is 12.8. The molecule has 0 spiro atoms. The first-order valence-corrected chi connectivity index (χ1v) is 7.57. The first kappa shape index (κ1) is 15.5. The van der Waals surface area contributed by atoms with Gasteiger partial charge in [0.2, 0.25) is 0 Å². The molecule has 2 heterocycles. The molecular formula is C15H23N3O3. The van der Waals surface area contributed by atoms with E-state index in [1.807, 2.05) is 19.9 Å². The average molecular weight is 293 g/mol. The summed E-state index contributed by atoms with van der Waals surface area (Å²) in [6, 6.07) is 1.36. The van der Waals surface area contributed by atoms with Crippen molar-refractivity contribution >= 4 is 11.9 Å². The predicted molar refractivity (Wildman–Crippen MR) is 78.0 cm³/mol. The van der Waals surface area contributed by atoms with Crippen LogP contribution in [0.3, 0.4) is 0 Å². The average Bonchev–Trinajstić information content (AvgIpc) is 2.96. The van der Waals surface area contributed by atoms with E-state index in [4.69, 9.17) is 4.74 Å². The molecule has 6 heteroatoms. The second-order valence-corrected chi connectivity index (χ2v) is 5.22. The first-order chi connectivity index (χ1) is 10.1. The van der Waals surface area contributed by atoms with E-state index in [2.05, 4.69) is 5.10 Å². The number of aryl methyl sites for hydroxylation is 2. The van der Waals surface area contributed by atoms with E-state index in [0.717, 1.165) is 25.0 Å². The third-order valence-corrected chi connectivity index (χ3v) is 3.95. The van der Waals surface area contributed by atoms with Crippen LogP contribution in [0.5, 0.6) is 0 Å². The minimum Gasteiger partial charge on any atom is -0.467 e. The Bertz CT molecular complexity index is 524. The van der Waals surface area contributed by atoms with Crippen LogP contribution < -0.4 is 0 Å². The fourth-order valence-electron chi connectivity index (χ4n) is 2.76. The van der Waals surface area contributed by atoms with E-state index in [-0.39, 0.29) is 11.9 Å². The Labute approximate surface area is 125 Å². The lowest BCUT2D eigenvalue weighted by atomic mass is 10.0. The highest BCUT2D eigenvalue weighted by Crippen LogP contribution is 2.21. The number of hydrogen-bond donors (Lipinski definition) is 0. The van der Waals surface area contributed by atoms with Gasteiger partial charge in [-0.3, -0.25) is 9.48 Å². The van der Waals surface area contributed by atoms with Gasteiger partial charge in [0, 0.05) is 13.1 Å². The predicted octanol–water partition coefficient (Wildman–Crippen LogP) is 1.63. The molecule has 2 rings (SSSR count). The fraction of sp³-hybridized carbons (Fsp3) is 0.667. The highest BCUT2D eigenvalue weighted by Gasteiger charge is 2.34. The molecule has 0 aromatic carbocycles. The zero-order chi connectivity index (χ0) is 15.4. The summed E-state index contributed by atoms with van der Waals surface area (Å²) in [5.41, 5.74) is 1.46. The molecule has 0 aliphatic carbocycles. The molecule has 1 aliphatic heterocycles. The number of ether oxygens (including phenoxy) is 1. The molecule has 0 saturated carbocycles. The van der Waals surface area contributed by atoms with Crippen molar-refractivity contribution in [3.63, 3.8) is 0 Å². The standard InChI is InChI=1S/C15H23N3O3/c1-4-11-10-13(18(5-2)16-11)14(19)17-9-7-6-8-12(17)15(20)21-3/h10,12H,4-9H2,1-3H3. The highest BCUT2D eigenvalue weighted by molar-refractivity contribution is 5.95. The lowest BCUT2D eigenvalue weighted by Crippen LogP contribution is -2.48. The zero-order valence-electron chi connectivity index (χ0n) is 13.0. The second-order valence-electron chi connectivity index (χ2n) is 5.22. The SMILES string of the molecule is CCc1cc(C(=O)N2CCCCC2C(=O)OC)n(CC)n1. The van der Waals surface area contributed by atoms with Crippen LogP contribution in [0.15, 0.2) is 6.07 Å². The summed E-state index contributed by atoms with van der Waals surface area (Å²) in [7, 11) is 1.37. The van der Waals surface area contributed by atoms with Gasteiger partial charge in [-0.15, -0.1) is 0 Å². The topological polar surface area (TPSA) is 64.4 Å². The monoisotopic (exact) mass is 293 g/mol. The van der Waals surface area contributed by atoms with Crippen molar-refractivity contribution in [2.45, 2.75) is 52.1 Å². The van der Waals surface area contributed by atoms with Gasteiger partial charge in [0.05, 0.1) is 12.8 Å². The number of hydrogen-bond acceptors (Lipinski definition) is 4. The van der Waals surface area contributed by atoms with Gasteiger partial charge in [-0.05, 0) is 38.7 Å².